The smallest absolute Gasteiger partial charge is 0.305 e. The predicted octanol–water partition coefficient (Wildman–Crippen LogP) is 14.5. The third kappa shape index (κ3) is 43.5. The van der Waals surface area contributed by atoms with Crippen molar-refractivity contribution in [3.63, 3.8) is 0 Å². The van der Waals surface area contributed by atoms with Crippen LogP contribution >= 0.6 is 0 Å². The summed E-state index contributed by atoms with van der Waals surface area (Å²) in [5.41, 5.74) is 0. The van der Waals surface area contributed by atoms with Crippen LogP contribution in [0.25, 0.3) is 0 Å². The average Bonchev–Trinajstić information content (AvgIpc) is 3.21. The second-order valence-electron chi connectivity index (χ2n) is 16.8. The van der Waals surface area contributed by atoms with Crippen LogP contribution in [-0.2, 0) is 14.3 Å². The Balaban J connectivity index is 3.45. The molecule has 2 unspecified atom stereocenters. The number of amides is 1. The molecule has 57 heavy (non-hydrogen) atoms. The number of esters is 1. The quantitative estimate of drug-likeness (QED) is 0.0324. The number of aliphatic hydroxyl groups excluding tert-OH is 2. The van der Waals surface area contributed by atoms with E-state index in [9.17, 15) is 19.8 Å². The zero-order valence-corrected chi connectivity index (χ0v) is 37.8. The lowest BCUT2D eigenvalue weighted by Gasteiger charge is -2.20. The van der Waals surface area contributed by atoms with Gasteiger partial charge in [-0.25, -0.2) is 0 Å². The monoisotopic (exact) mass is 802 g/mol. The molecule has 0 saturated heterocycles. The minimum absolute atomic E-state index is 0.00802. The average molecular weight is 802 g/mol. The van der Waals surface area contributed by atoms with E-state index in [2.05, 4.69) is 43.5 Å². The summed E-state index contributed by atoms with van der Waals surface area (Å²) in [6, 6.07) is -0.633. The number of aliphatic hydroxyl groups is 2. The maximum absolute atomic E-state index is 12.3. The minimum atomic E-state index is -0.848. The molecule has 0 spiro atoms. The SMILES string of the molecule is CCCCC/C=C\CCCCCCCC(=O)OCCCCCCCCCC/C=C\CCCCCCCCCC(=O)NC(CO)C(O)/C=C/CCCCCCCCC. The Bertz CT molecular complexity index is 931. The van der Waals surface area contributed by atoms with Gasteiger partial charge in [-0.15, -0.1) is 0 Å². The van der Waals surface area contributed by atoms with Gasteiger partial charge in [0.15, 0.2) is 0 Å². The van der Waals surface area contributed by atoms with Crippen LogP contribution in [0.15, 0.2) is 36.5 Å². The minimum Gasteiger partial charge on any atom is -0.466 e. The first-order valence-corrected chi connectivity index (χ1v) is 24.8. The molecule has 2 atom stereocenters. The first kappa shape index (κ1) is 55.1. The summed E-state index contributed by atoms with van der Waals surface area (Å²) in [4.78, 5) is 24.3. The molecule has 0 aliphatic heterocycles. The molecule has 0 radical (unpaired) electrons. The fraction of sp³-hybridized carbons (Fsp3) is 0.843. The van der Waals surface area contributed by atoms with Crippen molar-refractivity contribution in [2.45, 2.75) is 264 Å². The normalized spacial score (nSPS) is 13.0. The lowest BCUT2D eigenvalue weighted by molar-refractivity contribution is -0.143. The molecule has 0 rings (SSSR count). The summed E-state index contributed by atoms with van der Waals surface area (Å²) in [6.45, 7) is 4.82. The van der Waals surface area contributed by atoms with Crippen LogP contribution in [0.5, 0.6) is 0 Å². The van der Waals surface area contributed by atoms with Crippen molar-refractivity contribution in [1.82, 2.24) is 5.32 Å². The summed E-state index contributed by atoms with van der Waals surface area (Å²) in [5, 5.41) is 22.9. The number of hydrogen-bond acceptors (Lipinski definition) is 5. The molecule has 0 aliphatic carbocycles. The molecule has 334 valence electrons. The molecule has 0 aromatic heterocycles. The Hall–Kier alpha value is -1.92. The molecule has 0 aromatic carbocycles. The lowest BCUT2D eigenvalue weighted by Crippen LogP contribution is -2.45. The molecule has 6 nitrogen and oxygen atoms in total. The Morgan fingerprint density at radius 1 is 0.474 bits per heavy atom. The second-order valence-corrected chi connectivity index (χ2v) is 16.8. The maximum atomic E-state index is 12.3. The van der Waals surface area contributed by atoms with Crippen molar-refractivity contribution in [2.24, 2.45) is 0 Å². The van der Waals surface area contributed by atoms with Gasteiger partial charge < -0.3 is 20.3 Å². The number of nitrogens with one attached hydrogen (secondary N) is 1. The van der Waals surface area contributed by atoms with Gasteiger partial charge in [-0.2, -0.15) is 0 Å². The molecule has 0 fully saturated rings. The van der Waals surface area contributed by atoms with Crippen LogP contribution in [-0.4, -0.2) is 47.4 Å². The van der Waals surface area contributed by atoms with E-state index in [0.717, 1.165) is 51.4 Å². The van der Waals surface area contributed by atoms with Gasteiger partial charge in [-0.3, -0.25) is 9.59 Å². The van der Waals surface area contributed by atoms with Crippen molar-refractivity contribution in [1.29, 1.82) is 0 Å². The predicted molar refractivity (Wildman–Crippen MR) is 246 cm³/mol. The maximum Gasteiger partial charge on any atom is 0.305 e. The highest BCUT2D eigenvalue weighted by atomic mass is 16.5. The van der Waals surface area contributed by atoms with Crippen LogP contribution in [0.4, 0.5) is 0 Å². The summed E-state index contributed by atoms with van der Waals surface area (Å²) in [5.74, 6) is -0.0897. The van der Waals surface area contributed by atoms with E-state index >= 15 is 0 Å². The van der Waals surface area contributed by atoms with E-state index in [1.165, 1.54) is 173 Å². The Morgan fingerprint density at radius 3 is 1.28 bits per heavy atom. The van der Waals surface area contributed by atoms with Gasteiger partial charge in [0.05, 0.1) is 25.4 Å². The van der Waals surface area contributed by atoms with Gasteiger partial charge in [0.2, 0.25) is 5.91 Å². The second kappa shape index (κ2) is 46.8. The highest BCUT2D eigenvalue weighted by Gasteiger charge is 2.18. The fourth-order valence-electron chi connectivity index (χ4n) is 7.27. The van der Waals surface area contributed by atoms with Gasteiger partial charge in [0.1, 0.15) is 0 Å². The number of rotatable bonds is 45. The molecule has 0 aromatic rings. The first-order valence-electron chi connectivity index (χ1n) is 24.8. The van der Waals surface area contributed by atoms with E-state index in [1.54, 1.807) is 6.08 Å². The van der Waals surface area contributed by atoms with Crippen molar-refractivity contribution in [3.8, 4) is 0 Å². The molecular formula is C51H95NO5. The Morgan fingerprint density at radius 2 is 0.825 bits per heavy atom. The van der Waals surface area contributed by atoms with Crippen LogP contribution in [0, 0.1) is 0 Å². The number of unbranched alkanes of at least 4 members (excludes halogenated alkanes) is 30. The van der Waals surface area contributed by atoms with Crippen molar-refractivity contribution in [2.75, 3.05) is 13.2 Å². The van der Waals surface area contributed by atoms with E-state index in [0.29, 0.717) is 19.4 Å². The number of allylic oxidation sites excluding steroid dienone is 5. The largest absolute Gasteiger partial charge is 0.466 e. The number of hydrogen-bond donors (Lipinski definition) is 3. The summed E-state index contributed by atoms with van der Waals surface area (Å²) in [7, 11) is 0. The van der Waals surface area contributed by atoms with E-state index in [-0.39, 0.29) is 18.5 Å². The van der Waals surface area contributed by atoms with E-state index < -0.39 is 12.1 Å². The highest BCUT2D eigenvalue weighted by molar-refractivity contribution is 5.76. The molecular weight excluding hydrogens is 707 g/mol. The van der Waals surface area contributed by atoms with Crippen LogP contribution in [0.2, 0.25) is 0 Å². The molecule has 1 amide bonds. The van der Waals surface area contributed by atoms with Gasteiger partial charge in [-0.1, -0.05) is 192 Å². The number of carbonyl (C=O) groups is 2. The molecule has 0 aliphatic rings. The van der Waals surface area contributed by atoms with Crippen LogP contribution in [0.1, 0.15) is 251 Å². The number of carbonyl (C=O) groups excluding carboxylic acids is 2. The standard InChI is InChI=1S/C51H95NO5/c1-3-5-7-9-11-13-14-25-29-33-37-41-45-51(56)57-46-42-38-34-30-26-23-21-19-17-15-16-18-20-22-24-28-32-36-40-44-50(55)52-48(47-53)49(54)43-39-35-31-27-12-10-8-6-4-2/h11,13,15-16,39,43,48-49,53-54H,3-10,12,14,17-38,40-42,44-47H2,1-2H3,(H,52,55)/b13-11-,16-15-,43-39+. The van der Waals surface area contributed by atoms with E-state index in [4.69, 9.17) is 4.74 Å². The van der Waals surface area contributed by atoms with E-state index in [1.807, 2.05) is 6.08 Å². The third-order valence-corrected chi connectivity index (χ3v) is 11.1. The lowest BCUT2D eigenvalue weighted by atomic mass is 10.1. The summed E-state index contributed by atoms with van der Waals surface area (Å²) in [6.07, 6.45) is 55.8. The molecule has 3 N–H and O–H groups in total. The molecule has 0 heterocycles. The highest BCUT2D eigenvalue weighted by Crippen LogP contribution is 2.14. The van der Waals surface area contributed by atoms with Crippen LogP contribution in [0.3, 0.4) is 0 Å². The van der Waals surface area contributed by atoms with Crippen molar-refractivity contribution in [3.05, 3.63) is 36.5 Å². The molecule has 6 heteroatoms. The van der Waals surface area contributed by atoms with Gasteiger partial charge in [-0.05, 0) is 83.5 Å². The third-order valence-electron chi connectivity index (χ3n) is 11.1. The van der Waals surface area contributed by atoms with Gasteiger partial charge >= 0.3 is 5.97 Å². The zero-order chi connectivity index (χ0) is 41.5. The topological polar surface area (TPSA) is 95.9 Å². The zero-order valence-electron chi connectivity index (χ0n) is 37.8. The Kier molecular flexibility index (Phi) is 45.2. The first-order chi connectivity index (χ1) is 28.0. The fourth-order valence-corrected chi connectivity index (χ4v) is 7.27. The van der Waals surface area contributed by atoms with Crippen molar-refractivity contribution < 1.29 is 24.5 Å². The molecule has 0 saturated carbocycles. The summed E-state index contributed by atoms with van der Waals surface area (Å²) < 4.78 is 5.44. The van der Waals surface area contributed by atoms with Crippen molar-refractivity contribution >= 4 is 11.9 Å². The molecule has 0 bridgehead atoms. The van der Waals surface area contributed by atoms with Gasteiger partial charge in [0.25, 0.3) is 0 Å². The van der Waals surface area contributed by atoms with Crippen LogP contribution < -0.4 is 5.32 Å². The summed E-state index contributed by atoms with van der Waals surface area (Å²) >= 11 is 0. The van der Waals surface area contributed by atoms with Gasteiger partial charge in [0, 0.05) is 12.8 Å². The number of ether oxygens (including phenoxy) is 1. The Labute approximate surface area is 353 Å².